The topological polar surface area (TPSA) is 141 Å². The van der Waals surface area contributed by atoms with Crippen molar-refractivity contribution in [2.45, 2.75) is 69.7 Å². The first-order chi connectivity index (χ1) is 20.3. The summed E-state index contributed by atoms with van der Waals surface area (Å²) in [6, 6.07) is 3.19. The summed E-state index contributed by atoms with van der Waals surface area (Å²) in [5.41, 5.74) is -1.08. The van der Waals surface area contributed by atoms with Gasteiger partial charge in [0.25, 0.3) is 17.4 Å². The van der Waals surface area contributed by atoms with Crippen LogP contribution in [0.15, 0.2) is 35.4 Å². The molecule has 232 valence electrons. The van der Waals surface area contributed by atoms with Crippen molar-refractivity contribution in [2.75, 3.05) is 37.6 Å². The minimum absolute atomic E-state index is 0.0179. The van der Waals surface area contributed by atoms with E-state index in [9.17, 15) is 23.2 Å². The number of carbonyl (C=O) groups excluding carboxylic acids is 2. The number of aromatic nitrogens is 4. The summed E-state index contributed by atoms with van der Waals surface area (Å²) in [7, 11) is 3.02. The van der Waals surface area contributed by atoms with Gasteiger partial charge in [0.1, 0.15) is 34.6 Å². The van der Waals surface area contributed by atoms with E-state index < -0.39 is 29.6 Å². The first kappa shape index (κ1) is 30.4. The van der Waals surface area contributed by atoms with Crippen molar-refractivity contribution in [3.05, 3.63) is 46.5 Å². The predicted molar refractivity (Wildman–Crippen MR) is 152 cm³/mol. The van der Waals surface area contributed by atoms with Crippen molar-refractivity contribution in [3.8, 4) is 0 Å². The Balaban J connectivity index is 1.54. The normalized spacial score (nSPS) is 21.6. The second-order valence-electron chi connectivity index (χ2n) is 11.6. The molecule has 0 radical (unpaired) electrons. The average molecular weight is 604 g/mol. The van der Waals surface area contributed by atoms with Crippen LogP contribution >= 0.6 is 0 Å². The number of methoxy groups -OCH3 is 1. The summed E-state index contributed by atoms with van der Waals surface area (Å²) in [5, 5.41) is 9.58. The van der Waals surface area contributed by atoms with Crippen LogP contribution in [0.3, 0.4) is 0 Å². The Labute approximate surface area is 246 Å². The Hall–Kier alpha value is -4.11. The number of hydrogen-bond acceptors (Lipinski definition) is 9. The highest BCUT2D eigenvalue weighted by Gasteiger charge is 2.49. The zero-order valence-corrected chi connectivity index (χ0v) is 24.6. The number of halogens is 2. The number of nitrogens with one attached hydrogen (secondary N) is 2. The van der Waals surface area contributed by atoms with E-state index in [1.54, 1.807) is 50.8 Å². The third-order valence-corrected chi connectivity index (χ3v) is 7.46. The van der Waals surface area contributed by atoms with Crippen LogP contribution in [0.5, 0.6) is 0 Å². The molecule has 2 N–H and O–H groups in total. The predicted octanol–water partition coefficient (Wildman–Crippen LogP) is 3.51. The molecule has 3 aromatic heterocycles. The number of nitrogens with zero attached hydrogens (tertiary/aromatic N) is 5. The van der Waals surface area contributed by atoms with Gasteiger partial charge >= 0.3 is 6.09 Å². The van der Waals surface area contributed by atoms with Crippen molar-refractivity contribution in [2.24, 2.45) is 0 Å². The largest absolute Gasteiger partial charge is 0.443 e. The third kappa shape index (κ3) is 6.18. The number of ether oxygens (including phenoxy) is 3. The van der Waals surface area contributed by atoms with Crippen molar-refractivity contribution in [3.63, 3.8) is 0 Å². The number of carbonyl (C=O) groups is 2. The molecule has 0 bridgehead atoms. The molecule has 2 aliphatic rings. The number of pyridine rings is 1. The lowest BCUT2D eigenvalue weighted by atomic mass is 9.88. The summed E-state index contributed by atoms with van der Waals surface area (Å²) in [6.45, 7) is 5.98. The Morgan fingerprint density at radius 1 is 1.26 bits per heavy atom. The molecule has 4 heterocycles. The van der Waals surface area contributed by atoms with Crippen molar-refractivity contribution in [1.82, 2.24) is 24.5 Å². The van der Waals surface area contributed by atoms with Gasteiger partial charge in [0, 0.05) is 39.4 Å². The molecule has 13 nitrogen and oxygen atoms in total. The number of rotatable bonds is 7. The molecule has 2 fully saturated rings. The molecule has 0 spiro atoms. The molecule has 0 unspecified atom stereocenters. The Bertz CT molecular complexity index is 1580. The zero-order valence-electron chi connectivity index (χ0n) is 24.6. The zero-order chi connectivity index (χ0) is 31.1. The van der Waals surface area contributed by atoms with Crippen LogP contribution in [-0.4, -0.2) is 82.2 Å². The lowest BCUT2D eigenvalue weighted by molar-refractivity contribution is -0.102. The highest BCUT2D eigenvalue weighted by atomic mass is 19.3. The maximum Gasteiger partial charge on any atom is 0.415 e. The molecule has 15 heteroatoms. The van der Waals surface area contributed by atoms with E-state index in [4.69, 9.17) is 14.2 Å². The highest BCUT2D eigenvalue weighted by Crippen LogP contribution is 2.37. The van der Waals surface area contributed by atoms with E-state index in [0.29, 0.717) is 19.6 Å². The molecule has 1 aliphatic heterocycles. The van der Waals surface area contributed by atoms with E-state index in [2.05, 4.69) is 20.7 Å². The lowest BCUT2D eigenvalue weighted by Crippen LogP contribution is -2.55. The monoisotopic (exact) mass is 603 g/mol. The van der Waals surface area contributed by atoms with Crippen LogP contribution in [0.1, 0.15) is 56.4 Å². The molecule has 1 saturated heterocycles. The van der Waals surface area contributed by atoms with Gasteiger partial charge in [0.15, 0.2) is 5.65 Å². The van der Waals surface area contributed by atoms with E-state index >= 15 is 0 Å². The summed E-state index contributed by atoms with van der Waals surface area (Å²) < 4.78 is 47.1. The Morgan fingerprint density at radius 3 is 2.67 bits per heavy atom. The highest BCUT2D eigenvalue weighted by molar-refractivity contribution is 6.00. The second-order valence-corrected chi connectivity index (χ2v) is 11.6. The van der Waals surface area contributed by atoms with Crippen LogP contribution in [0.2, 0.25) is 0 Å². The van der Waals surface area contributed by atoms with Gasteiger partial charge in [-0.05, 0) is 45.7 Å². The summed E-state index contributed by atoms with van der Waals surface area (Å²) in [4.78, 5) is 45.3. The van der Waals surface area contributed by atoms with Crippen LogP contribution in [-0.2, 0) is 14.2 Å². The fourth-order valence-electron chi connectivity index (χ4n) is 5.00. The van der Waals surface area contributed by atoms with Gasteiger partial charge in [-0.1, -0.05) is 0 Å². The summed E-state index contributed by atoms with van der Waals surface area (Å²) >= 11 is 0. The van der Waals surface area contributed by atoms with Crippen LogP contribution < -0.4 is 21.1 Å². The number of anilines is 3. The fraction of sp³-hybridized carbons (Fsp3) is 0.536. The molecular weight excluding hydrogens is 568 g/mol. The van der Waals surface area contributed by atoms with Gasteiger partial charge in [0.2, 0.25) is 0 Å². The minimum atomic E-state index is -3.00. The van der Waals surface area contributed by atoms with Crippen LogP contribution in [0, 0.1) is 0 Å². The van der Waals surface area contributed by atoms with E-state index in [1.165, 1.54) is 28.7 Å². The van der Waals surface area contributed by atoms with E-state index in [1.807, 2.05) is 0 Å². The number of alkyl halides is 2. The molecule has 5 rings (SSSR count). The molecule has 43 heavy (non-hydrogen) atoms. The average Bonchev–Trinajstić information content (AvgIpc) is 3.39. The van der Waals surface area contributed by atoms with Gasteiger partial charge in [-0.15, -0.1) is 0 Å². The minimum Gasteiger partial charge on any atom is -0.443 e. The fourth-order valence-corrected chi connectivity index (χ4v) is 5.00. The van der Waals surface area contributed by atoms with Gasteiger partial charge in [-0.2, -0.15) is 9.61 Å². The van der Waals surface area contributed by atoms with Gasteiger partial charge in [-0.25, -0.2) is 18.6 Å². The lowest BCUT2D eigenvalue weighted by Gasteiger charge is -2.36. The molecule has 3 aromatic rings. The number of fused-ring (bicyclic) bond motifs is 1. The second kappa shape index (κ2) is 11.5. The Morgan fingerprint density at radius 2 is 2.02 bits per heavy atom. The molecule has 0 aromatic carbocycles. The molecule has 3 atom stereocenters. The summed E-state index contributed by atoms with van der Waals surface area (Å²) in [6.07, 6.45) is 2.24. The smallest absolute Gasteiger partial charge is 0.415 e. The van der Waals surface area contributed by atoms with Crippen molar-refractivity contribution < 1.29 is 32.6 Å². The summed E-state index contributed by atoms with van der Waals surface area (Å²) in [5.74, 6) is -3.54. The van der Waals surface area contributed by atoms with Gasteiger partial charge in [0.05, 0.1) is 24.9 Å². The maximum absolute atomic E-state index is 13.9. The third-order valence-electron chi connectivity index (χ3n) is 7.46. The number of amides is 2. The number of hydrogen-bond donors (Lipinski definition) is 2. The first-order valence-corrected chi connectivity index (χ1v) is 13.9. The first-order valence-electron chi connectivity index (χ1n) is 13.9. The standard InChI is InChI=1S/C28H35F2N7O6/c1-27(2,3)43-26(40)35(4)22-13-21(32-17-7-6-11-36(25(17)39)18-9-12-42-15-19(18)41-5)34-23-16(14-31-37(22)23)24(38)33-20-8-10-28(20,29)30/h6-7,11,13-14,18-20H,8-10,12,15H2,1-5H3,(H,32,34)(H,33,38)/t18-,19+,20-/m0/s1. The van der Waals surface area contributed by atoms with E-state index in [-0.39, 0.29) is 59.1 Å². The molecular formula is C28H35F2N7O6. The van der Waals surface area contributed by atoms with Gasteiger partial charge in [-0.3, -0.25) is 14.5 Å². The quantitative estimate of drug-likeness (QED) is 0.415. The van der Waals surface area contributed by atoms with E-state index in [0.717, 1.165) is 0 Å². The SMILES string of the molecule is CO[C@@H]1COCC[C@@H]1n1cccc(Nc2cc(N(C)C(=O)OC(C)(C)C)n3ncc(C(=O)N[C@H]4CCC4(F)F)c3n2)c1=O. The van der Waals surface area contributed by atoms with Crippen molar-refractivity contribution >= 4 is 35.0 Å². The molecule has 1 saturated carbocycles. The van der Waals surface area contributed by atoms with Crippen LogP contribution in [0.25, 0.3) is 5.65 Å². The molecule has 2 amide bonds. The molecule has 1 aliphatic carbocycles. The van der Waals surface area contributed by atoms with Gasteiger partial charge < -0.3 is 29.4 Å². The Kier molecular flexibility index (Phi) is 8.13. The van der Waals surface area contributed by atoms with Crippen molar-refractivity contribution in [1.29, 1.82) is 0 Å². The maximum atomic E-state index is 13.9. The van der Waals surface area contributed by atoms with Crippen LogP contribution in [0.4, 0.5) is 30.9 Å².